The molecule has 4 N–H and O–H groups in total. The zero-order valence-corrected chi connectivity index (χ0v) is 23.6. The molecule has 0 aromatic carbocycles. The number of hydrogen-bond acceptors (Lipinski definition) is 9. The first kappa shape index (κ1) is 28.1. The van der Waals surface area contributed by atoms with Crippen LogP contribution in [0.4, 0.5) is 0 Å². The Morgan fingerprint density at radius 3 is 2.51 bits per heavy atom. The molecule has 0 aromatic heterocycles. The monoisotopic (exact) mass is 550 g/mol. The number of fused-ring (bicyclic) bond motifs is 5. The van der Waals surface area contributed by atoms with E-state index in [0.717, 1.165) is 44.1 Å². The average molecular weight is 551 g/mol. The van der Waals surface area contributed by atoms with Crippen LogP contribution in [0.1, 0.15) is 72.1 Å². The molecule has 2 aliphatic heterocycles. The molecular weight excluding hydrogens is 504 g/mol. The van der Waals surface area contributed by atoms with E-state index in [2.05, 4.69) is 13.8 Å². The summed E-state index contributed by atoms with van der Waals surface area (Å²) in [6, 6.07) is 0. The number of aliphatic hydroxyl groups is 4. The molecule has 6 aliphatic rings. The van der Waals surface area contributed by atoms with Crippen molar-refractivity contribution in [2.75, 3.05) is 13.7 Å². The highest BCUT2D eigenvalue weighted by Gasteiger charge is 2.70. The molecule has 220 valence electrons. The van der Waals surface area contributed by atoms with Crippen molar-refractivity contribution in [1.82, 2.24) is 0 Å². The first-order valence-corrected chi connectivity index (χ1v) is 14.9. The lowest BCUT2D eigenvalue weighted by atomic mass is 9.42. The fourth-order valence-corrected chi connectivity index (χ4v) is 10.2. The van der Waals surface area contributed by atoms with Crippen LogP contribution >= 0.6 is 0 Å². The van der Waals surface area contributed by atoms with Gasteiger partial charge in [0.05, 0.1) is 23.9 Å². The molecule has 4 aliphatic carbocycles. The SMILES string of the molecule is CO[C@@H]1[C@@H](O)[C@H](O[C@H]2CC[C@@]3(C)[C@@H](CC[C@H]4[C@H]3[C@@H](O)C[C@]3(C)[C@H](C5=CC(=O)OC5)CC[C@]43O)C2)O[C@@H](C)[C@H]1O. The maximum absolute atomic E-state index is 12.4. The van der Waals surface area contributed by atoms with Crippen LogP contribution in [0, 0.1) is 34.5 Å². The van der Waals surface area contributed by atoms with Crippen molar-refractivity contribution < 1.29 is 44.2 Å². The molecule has 0 spiro atoms. The Kier molecular flexibility index (Phi) is 7.02. The van der Waals surface area contributed by atoms with E-state index in [0.29, 0.717) is 25.4 Å². The van der Waals surface area contributed by atoms with Crippen LogP contribution in [-0.2, 0) is 23.7 Å². The number of carbonyl (C=O) groups is 1. The van der Waals surface area contributed by atoms with Crippen LogP contribution in [0.25, 0.3) is 0 Å². The fraction of sp³-hybridized carbons (Fsp3) is 0.900. The average Bonchev–Trinajstić information content (AvgIpc) is 3.42. The third kappa shape index (κ3) is 4.09. The van der Waals surface area contributed by atoms with Crippen LogP contribution in [0.2, 0.25) is 0 Å². The highest BCUT2D eigenvalue weighted by atomic mass is 16.7. The van der Waals surface area contributed by atoms with Gasteiger partial charge in [0, 0.05) is 18.6 Å². The lowest BCUT2D eigenvalue weighted by Gasteiger charge is -2.65. The highest BCUT2D eigenvalue weighted by molar-refractivity contribution is 5.85. The fourth-order valence-electron chi connectivity index (χ4n) is 10.2. The summed E-state index contributed by atoms with van der Waals surface area (Å²) in [6.07, 6.45) is 3.05. The number of rotatable bonds is 4. The van der Waals surface area contributed by atoms with Crippen LogP contribution in [0.3, 0.4) is 0 Å². The maximum Gasteiger partial charge on any atom is 0.331 e. The van der Waals surface area contributed by atoms with E-state index in [1.54, 1.807) is 13.0 Å². The maximum atomic E-state index is 12.4. The van der Waals surface area contributed by atoms with E-state index in [9.17, 15) is 25.2 Å². The minimum atomic E-state index is -1.08. The highest BCUT2D eigenvalue weighted by Crippen LogP contribution is 2.70. The summed E-state index contributed by atoms with van der Waals surface area (Å²) in [6.45, 7) is 6.46. The van der Waals surface area contributed by atoms with Gasteiger partial charge in [-0.25, -0.2) is 4.79 Å². The Balaban J connectivity index is 1.18. The molecule has 0 bridgehead atoms. The van der Waals surface area contributed by atoms with Crippen molar-refractivity contribution in [3.8, 4) is 0 Å². The third-order valence-electron chi connectivity index (χ3n) is 12.3. The second-order valence-corrected chi connectivity index (χ2v) is 13.9. The van der Waals surface area contributed by atoms with Crippen LogP contribution in [-0.4, -0.2) is 88.6 Å². The quantitative estimate of drug-likeness (QED) is 0.307. The smallest absolute Gasteiger partial charge is 0.331 e. The second-order valence-electron chi connectivity index (χ2n) is 13.9. The zero-order valence-electron chi connectivity index (χ0n) is 23.6. The summed E-state index contributed by atoms with van der Waals surface area (Å²) in [5, 5.41) is 45.2. The van der Waals surface area contributed by atoms with Gasteiger partial charge in [0.25, 0.3) is 0 Å². The van der Waals surface area contributed by atoms with Gasteiger partial charge in [0.15, 0.2) is 6.29 Å². The van der Waals surface area contributed by atoms with E-state index in [1.165, 1.54) is 7.11 Å². The van der Waals surface area contributed by atoms with Crippen molar-refractivity contribution in [2.24, 2.45) is 34.5 Å². The van der Waals surface area contributed by atoms with Gasteiger partial charge in [0.1, 0.15) is 24.9 Å². The largest absolute Gasteiger partial charge is 0.458 e. The molecule has 1 saturated heterocycles. The summed E-state index contributed by atoms with van der Waals surface area (Å²) in [4.78, 5) is 11.8. The summed E-state index contributed by atoms with van der Waals surface area (Å²) < 4.78 is 22.7. The molecule has 39 heavy (non-hydrogen) atoms. The molecule has 14 atom stereocenters. The first-order valence-electron chi connectivity index (χ1n) is 14.9. The Labute approximate surface area is 230 Å². The summed E-state index contributed by atoms with van der Waals surface area (Å²) in [5.41, 5.74) is -0.550. The van der Waals surface area contributed by atoms with Gasteiger partial charge < -0.3 is 39.4 Å². The molecule has 4 saturated carbocycles. The van der Waals surface area contributed by atoms with Gasteiger partial charge >= 0.3 is 5.97 Å². The molecular formula is C30H46O9. The van der Waals surface area contributed by atoms with Crippen LogP contribution in [0.15, 0.2) is 11.6 Å². The molecule has 2 heterocycles. The molecule has 0 unspecified atom stereocenters. The predicted octanol–water partition coefficient (Wildman–Crippen LogP) is 2.08. The molecule has 6 rings (SSSR count). The molecule has 0 radical (unpaired) electrons. The summed E-state index contributed by atoms with van der Waals surface area (Å²) >= 11 is 0. The Hall–Kier alpha value is -1.07. The number of ether oxygens (including phenoxy) is 4. The van der Waals surface area contributed by atoms with Gasteiger partial charge in [-0.1, -0.05) is 13.8 Å². The Morgan fingerprint density at radius 2 is 1.82 bits per heavy atom. The normalized spacial score (nSPS) is 55.3. The van der Waals surface area contributed by atoms with Gasteiger partial charge in [-0.15, -0.1) is 0 Å². The van der Waals surface area contributed by atoms with Crippen molar-refractivity contribution >= 4 is 5.97 Å². The van der Waals surface area contributed by atoms with Crippen LogP contribution in [0.5, 0.6) is 0 Å². The zero-order chi connectivity index (χ0) is 27.9. The lowest BCUT2D eigenvalue weighted by molar-refractivity contribution is -0.314. The molecule has 0 aromatic rings. The molecule has 9 nitrogen and oxygen atoms in total. The first-order chi connectivity index (χ1) is 18.4. The summed E-state index contributed by atoms with van der Waals surface area (Å²) in [7, 11) is 1.47. The number of hydrogen-bond donors (Lipinski definition) is 4. The van der Waals surface area contributed by atoms with Gasteiger partial charge in [-0.05, 0) is 93.0 Å². The third-order valence-corrected chi connectivity index (χ3v) is 12.3. The van der Waals surface area contributed by atoms with Crippen LogP contribution < -0.4 is 0 Å². The van der Waals surface area contributed by atoms with E-state index < -0.39 is 47.8 Å². The van der Waals surface area contributed by atoms with Gasteiger partial charge in [0.2, 0.25) is 0 Å². The number of methoxy groups -OCH3 is 1. The predicted molar refractivity (Wildman–Crippen MR) is 139 cm³/mol. The van der Waals surface area contributed by atoms with E-state index in [-0.39, 0.29) is 35.2 Å². The van der Waals surface area contributed by atoms with E-state index in [1.807, 2.05) is 0 Å². The van der Waals surface area contributed by atoms with E-state index in [4.69, 9.17) is 18.9 Å². The summed E-state index contributed by atoms with van der Waals surface area (Å²) in [5.74, 6) is 0.0523. The lowest BCUT2D eigenvalue weighted by Crippen LogP contribution is -2.66. The minimum absolute atomic E-state index is 0.00175. The minimum Gasteiger partial charge on any atom is -0.458 e. The van der Waals surface area contributed by atoms with E-state index >= 15 is 0 Å². The molecule has 0 amide bonds. The Morgan fingerprint density at radius 1 is 1.05 bits per heavy atom. The standard InChI is InChI=1S/C30H46O9/c1-15-24(33)26(36-4)25(34)27(38-15)39-18-7-9-28(2)17(12-18)5-6-20-23(28)21(31)13-29(3)19(8-10-30(20,29)35)16-11-22(32)37-14-16/h11,15,17-21,23-27,31,33-35H,5-10,12-14H2,1-4H3/t15-,17-,18-,19-,20-,21-,23-,24+,25+,26-,27-,28-,29+,30-/m0/s1. The molecule has 9 heteroatoms. The Bertz CT molecular complexity index is 1000. The number of aliphatic hydroxyl groups excluding tert-OH is 3. The van der Waals surface area contributed by atoms with Gasteiger partial charge in [-0.2, -0.15) is 0 Å². The number of carbonyl (C=O) groups excluding carboxylic acids is 1. The molecule has 5 fully saturated rings. The topological polar surface area (TPSA) is 135 Å². The van der Waals surface area contributed by atoms with Gasteiger partial charge in [-0.3, -0.25) is 0 Å². The van der Waals surface area contributed by atoms with Crippen molar-refractivity contribution in [3.05, 3.63) is 11.6 Å². The second kappa shape index (κ2) is 9.75. The number of cyclic esters (lactones) is 1. The van der Waals surface area contributed by atoms with Crippen molar-refractivity contribution in [2.45, 2.75) is 121 Å². The van der Waals surface area contributed by atoms with Crippen molar-refractivity contribution in [3.63, 3.8) is 0 Å². The van der Waals surface area contributed by atoms with Crippen molar-refractivity contribution in [1.29, 1.82) is 0 Å². The number of esters is 1.